The number of carbonyl (C=O) groups excluding carboxylic acids is 3. The van der Waals surface area contributed by atoms with E-state index in [9.17, 15) is 14.4 Å². The van der Waals surface area contributed by atoms with Crippen molar-refractivity contribution in [3.8, 4) is 11.1 Å². The lowest BCUT2D eigenvalue weighted by atomic mass is 9.73. The maximum Gasteiger partial charge on any atom is 0.410 e. The van der Waals surface area contributed by atoms with Crippen LogP contribution in [-0.2, 0) is 19.0 Å². The molecule has 5 rings (SSSR count). The molecule has 2 aromatic carbocycles. The molecule has 0 saturated carbocycles. The third kappa shape index (κ3) is 4.84. The Morgan fingerprint density at radius 1 is 0.947 bits per heavy atom. The number of hydrogen-bond acceptors (Lipinski definition) is 6. The molecular formula is C30H36N2O6. The second-order valence-electron chi connectivity index (χ2n) is 11.6. The number of rotatable bonds is 4. The largest absolute Gasteiger partial charge is 0.467 e. The molecule has 38 heavy (non-hydrogen) atoms. The number of hydrogen-bond donors (Lipinski definition) is 1. The highest BCUT2D eigenvalue weighted by Crippen LogP contribution is 2.45. The molecule has 2 atom stereocenters. The predicted molar refractivity (Wildman–Crippen MR) is 142 cm³/mol. The van der Waals surface area contributed by atoms with Crippen molar-refractivity contribution in [2.24, 2.45) is 0 Å². The van der Waals surface area contributed by atoms with Gasteiger partial charge in [-0.15, -0.1) is 0 Å². The number of amides is 2. The van der Waals surface area contributed by atoms with Gasteiger partial charge < -0.3 is 24.4 Å². The van der Waals surface area contributed by atoms with Crippen molar-refractivity contribution in [1.29, 1.82) is 0 Å². The van der Waals surface area contributed by atoms with Crippen LogP contribution in [-0.4, -0.2) is 60.0 Å². The van der Waals surface area contributed by atoms with Crippen LogP contribution in [0.2, 0.25) is 0 Å². The first kappa shape index (κ1) is 26.1. The Morgan fingerprint density at radius 2 is 1.50 bits per heavy atom. The zero-order valence-corrected chi connectivity index (χ0v) is 22.5. The number of esters is 1. The highest BCUT2D eigenvalue weighted by atomic mass is 16.6. The number of ether oxygens (including phenoxy) is 3. The molecule has 8 nitrogen and oxygen atoms in total. The average Bonchev–Trinajstić information content (AvgIpc) is 3.19. The van der Waals surface area contributed by atoms with Crippen molar-refractivity contribution in [2.75, 3.05) is 13.7 Å². The van der Waals surface area contributed by atoms with Crippen LogP contribution in [0.3, 0.4) is 0 Å². The molecular weight excluding hydrogens is 484 g/mol. The second-order valence-corrected chi connectivity index (χ2v) is 11.6. The van der Waals surface area contributed by atoms with Crippen LogP contribution in [0.15, 0.2) is 48.5 Å². The van der Waals surface area contributed by atoms with E-state index in [4.69, 9.17) is 14.2 Å². The van der Waals surface area contributed by atoms with E-state index in [1.54, 1.807) is 4.90 Å². The molecule has 2 fully saturated rings. The second kappa shape index (κ2) is 9.97. The summed E-state index contributed by atoms with van der Waals surface area (Å²) < 4.78 is 16.6. The van der Waals surface area contributed by atoms with Crippen molar-refractivity contribution in [3.05, 3.63) is 59.7 Å². The summed E-state index contributed by atoms with van der Waals surface area (Å²) in [5, 5.41) is 2.88. The Bertz CT molecular complexity index is 1180. The number of fused-ring (bicyclic) bond motifs is 5. The van der Waals surface area contributed by atoms with Crippen LogP contribution in [0.5, 0.6) is 0 Å². The Labute approximate surface area is 223 Å². The van der Waals surface area contributed by atoms with Gasteiger partial charge in [-0.1, -0.05) is 48.5 Å². The highest BCUT2D eigenvalue weighted by molar-refractivity contribution is 5.87. The smallest absolute Gasteiger partial charge is 0.410 e. The van der Waals surface area contributed by atoms with Gasteiger partial charge in [0.1, 0.15) is 17.7 Å². The number of benzene rings is 2. The lowest BCUT2D eigenvalue weighted by Crippen LogP contribution is -2.68. The van der Waals surface area contributed by atoms with Crippen LogP contribution >= 0.6 is 0 Å². The fraction of sp³-hybridized carbons (Fsp3) is 0.500. The van der Waals surface area contributed by atoms with E-state index in [-0.39, 0.29) is 43.5 Å². The Kier molecular flexibility index (Phi) is 6.84. The number of methoxy groups -OCH3 is 1. The minimum Gasteiger partial charge on any atom is -0.467 e. The third-order valence-corrected chi connectivity index (χ3v) is 7.90. The van der Waals surface area contributed by atoms with Crippen molar-refractivity contribution in [1.82, 2.24) is 10.2 Å². The van der Waals surface area contributed by atoms with Gasteiger partial charge in [0.2, 0.25) is 0 Å². The van der Waals surface area contributed by atoms with E-state index in [1.165, 1.54) is 7.11 Å². The van der Waals surface area contributed by atoms with Gasteiger partial charge >= 0.3 is 18.2 Å². The summed E-state index contributed by atoms with van der Waals surface area (Å²) in [6, 6.07) is 15.8. The summed E-state index contributed by atoms with van der Waals surface area (Å²) >= 11 is 0. The first-order valence-electron chi connectivity index (χ1n) is 13.3. The maximum atomic E-state index is 13.2. The first-order valence-corrected chi connectivity index (χ1v) is 13.3. The number of piperidine rings is 2. The molecule has 202 valence electrons. The molecule has 0 radical (unpaired) electrons. The lowest BCUT2D eigenvalue weighted by molar-refractivity contribution is -0.154. The van der Waals surface area contributed by atoms with Gasteiger partial charge in [-0.05, 0) is 62.3 Å². The quantitative estimate of drug-likeness (QED) is 0.429. The molecule has 0 aromatic heterocycles. The average molecular weight is 521 g/mol. The van der Waals surface area contributed by atoms with Crippen LogP contribution in [0.4, 0.5) is 9.59 Å². The zero-order valence-electron chi connectivity index (χ0n) is 22.5. The van der Waals surface area contributed by atoms with E-state index in [0.29, 0.717) is 0 Å². The van der Waals surface area contributed by atoms with Crippen molar-refractivity contribution >= 4 is 18.2 Å². The molecule has 2 unspecified atom stereocenters. The standard InChI is InChI=1S/C30H36N2O6/c1-29(2,3)38-28(35)32-19-10-9-11-20(32)17-30(16-19,26(33)36-4)31-27(34)37-18-25-23-14-7-5-12-21(23)22-13-6-8-15-24(22)25/h5-8,12-15,19-20,25H,9-11,16-18H2,1-4H3,(H,31,34). The Balaban J connectivity index is 1.32. The molecule has 2 aromatic rings. The Morgan fingerprint density at radius 3 is 2.03 bits per heavy atom. The predicted octanol–water partition coefficient (Wildman–Crippen LogP) is 5.39. The molecule has 0 spiro atoms. The summed E-state index contributed by atoms with van der Waals surface area (Å²) in [6.07, 6.45) is 1.84. The van der Waals surface area contributed by atoms with Crippen LogP contribution < -0.4 is 5.32 Å². The van der Waals surface area contributed by atoms with Gasteiger partial charge in [0, 0.05) is 30.8 Å². The molecule has 1 N–H and O–H groups in total. The molecule has 2 aliphatic heterocycles. The molecule has 2 bridgehead atoms. The summed E-state index contributed by atoms with van der Waals surface area (Å²) in [7, 11) is 1.32. The van der Waals surface area contributed by atoms with E-state index < -0.39 is 23.2 Å². The van der Waals surface area contributed by atoms with Gasteiger partial charge in [0.15, 0.2) is 0 Å². The summed E-state index contributed by atoms with van der Waals surface area (Å²) in [4.78, 5) is 41.1. The van der Waals surface area contributed by atoms with Crippen LogP contribution in [0.25, 0.3) is 11.1 Å². The summed E-state index contributed by atoms with van der Waals surface area (Å²) in [5.41, 5.74) is 2.62. The molecule has 3 aliphatic rings. The zero-order chi connectivity index (χ0) is 27.1. The van der Waals surface area contributed by atoms with Gasteiger partial charge in [0.25, 0.3) is 0 Å². The van der Waals surface area contributed by atoms with Crippen molar-refractivity contribution < 1.29 is 28.6 Å². The molecule has 2 heterocycles. The highest BCUT2D eigenvalue weighted by Gasteiger charge is 2.54. The van der Waals surface area contributed by atoms with E-state index in [2.05, 4.69) is 29.6 Å². The normalized spacial score (nSPS) is 24.2. The van der Waals surface area contributed by atoms with E-state index in [0.717, 1.165) is 41.5 Å². The first-order chi connectivity index (χ1) is 18.1. The molecule has 2 saturated heterocycles. The van der Waals surface area contributed by atoms with Crippen LogP contribution in [0.1, 0.15) is 69.9 Å². The summed E-state index contributed by atoms with van der Waals surface area (Å²) in [5.74, 6) is -0.609. The van der Waals surface area contributed by atoms with Gasteiger partial charge in [-0.2, -0.15) is 0 Å². The fourth-order valence-electron chi connectivity index (χ4n) is 6.41. The number of nitrogens with one attached hydrogen (secondary N) is 1. The monoisotopic (exact) mass is 520 g/mol. The molecule has 2 amide bonds. The molecule has 1 aliphatic carbocycles. The lowest BCUT2D eigenvalue weighted by Gasteiger charge is -2.52. The van der Waals surface area contributed by atoms with E-state index >= 15 is 0 Å². The maximum absolute atomic E-state index is 13.2. The fourth-order valence-corrected chi connectivity index (χ4v) is 6.41. The topological polar surface area (TPSA) is 94.2 Å². The molecule has 8 heteroatoms. The number of alkyl carbamates (subject to hydrolysis) is 1. The van der Waals surface area contributed by atoms with Crippen LogP contribution in [0, 0.1) is 0 Å². The van der Waals surface area contributed by atoms with Gasteiger partial charge in [-0.25, -0.2) is 14.4 Å². The van der Waals surface area contributed by atoms with E-state index in [1.807, 2.05) is 45.0 Å². The number of carbonyl (C=O) groups is 3. The summed E-state index contributed by atoms with van der Waals surface area (Å²) in [6.45, 7) is 5.65. The minimum atomic E-state index is -1.27. The van der Waals surface area contributed by atoms with Gasteiger partial charge in [-0.3, -0.25) is 0 Å². The number of nitrogens with zero attached hydrogens (tertiary/aromatic N) is 1. The Hall–Kier alpha value is -3.55. The third-order valence-electron chi connectivity index (χ3n) is 7.90. The minimum absolute atomic E-state index is 0.0874. The SMILES string of the molecule is COC(=O)C1(NC(=O)OCC2c3ccccc3-c3ccccc32)CC2CCCC(C1)N2C(=O)OC(C)(C)C. The van der Waals surface area contributed by atoms with Crippen molar-refractivity contribution in [2.45, 2.75) is 82.0 Å². The van der Waals surface area contributed by atoms with Crippen molar-refractivity contribution in [3.63, 3.8) is 0 Å². The van der Waals surface area contributed by atoms with Gasteiger partial charge in [0.05, 0.1) is 7.11 Å².